The molecule has 0 atom stereocenters. The molecule has 26 heavy (non-hydrogen) atoms. The standard InChI is InChI=1S/C18H20ClN3O3S/c19-14-5-4-8-17(13-14)26(24,25)22-11-9-16(10-12-22)21-18(23)20-15-6-2-1-3-7-15/h1-8,13,16H,9-12H2,(H2,20,21,23). The van der Waals surface area contributed by atoms with Gasteiger partial charge in [-0.3, -0.25) is 0 Å². The zero-order valence-corrected chi connectivity index (χ0v) is 15.6. The summed E-state index contributed by atoms with van der Waals surface area (Å²) in [6, 6.07) is 15.1. The van der Waals surface area contributed by atoms with Crippen LogP contribution in [-0.4, -0.2) is 37.9 Å². The van der Waals surface area contributed by atoms with Crippen molar-refractivity contribution < 1.29 is 13.2 Å². The molecule has 2 N–H and O–H groups in total. The monoisotopic (exact) mass is 393 g/mol. The minimum atomic E-state index is -3.56. The Bertz CT molecular complexity index is 866. The fourth-order valence-corrected chi connectivity index (χ4v) is 4.66. The first kappa shape index (κ1) is 18.7. The van der Waals surface area contributed by atoms with Gasteiger partial charge in [-0.2, -0.15) is 4.31 Å². The molecule has 0 radical (unpaired) electrons. The number of carbonyl (C=O) groups excluding carboxylic acids is 1. The molecular weight excluding hydrogens is 374 g/mol. The first-order valence-corrected chi connectivity index (χ1v) is 10.2. The first-order chi connectivity index (χ1) is 12.4. The number of benzene rings is 2. The van der Waals surface area contributed by atoms with Crippen molar-refractivity contribution in [3.05, 3.63) is 59.6 Å². The summed E-state index contributed by atoms with van der Waals surface area (Å²) in [5, 5.41) is 6.05. The lowest BCUT2D eigenvalue weighted by Gasteiger charge is -2.31. The Labute approximate surface area is 158 Å². The van der Waals surface area contributed by atoms with Gasteiger partial charge in [-0.05, 0) is 43.2 Å². The smallest absolute Gasteiger partial charge is 0.319 e. The van der Waals surface area contributed by atoms with Crippen molar-refractivity contribution in [1.82, 2.24) is 9.62 Å². The zero-order valence-electron chi connectivity index (χ0n) is 14.1. The predicted octanol–water partition coefficient (Wildman–Crippen LogP) is 3.31. The number of anilines is 1. The number of nitrogens with one attached hydrogen (secondary N) is 2. The molecule has 0 aromatic heterocycles. The summed E-state index contributed by atoms with van der Waals surface area (Å²) in [6.07, 6.45) is 1.12. The molecule has 8 heteroatoms. The lowest BCUT2D eigenvalue weighted by Crippen LogP contribution is -2.47. The summed E-state index contributed by atoms with van der Waals surface area (Å²) < 4.78 is 26.8. The molecular formula is C18H20ClN3O3S. The second-order valence-electron chi connectivity index (χ2n) is 6.10. The summed E-state index contributed by atoms with van der Waals surface area (Å²) in [5.41, 5.74) is 0.714. The molecule has 1 heterocycles. The van der Waals surface area contributed by atoms with Gasteiger partial charge in [-0.25, -0.2) is 13.2 Å². The van der Waals surface area contributed by atoms with Gasteiger partial charge in [0, 0.05) is 29.8 Å². The second kappa shape index (κ2) is 8.07. The van der Waals surface area contributed by atoms with Crippen LogP contribution in [-0.2, 0) is 10.0 Å². The third kappa shape index (κ3) is 4.55. The first-order valence-electron chi connectivity index (χ1n) is 8.33. The number of sulfonamides is 1. The van der Waals surface area contributed by atoms with E-state index in [1.54, 1.807) is 30.3 Å². The Morgan fingerprint density at radius 1 is 1.04 bits per heavy atom. The highest BCUT2D eigenvalue weighted by Crippen LogP contribution is 2.23. The van der Waals surface area contributed by atoms with Crippen molar-refractivity contribution in [3.8, 4) is 0 Å². The Morgan fingerprint density at radius 2 is 1.73 bits per heavy atom. The van der Waals surface area contributed by atoms with Gasteiger partial charge in [0.25, 0.3) is 0 Å². The van der Waals surface area contributed by atoms with E-state index in [4.69, 9.17) is 11.6 Å². The van der Waals surface area contributed by atoms with Gasteiger partial charge in [-0.15, -0.1) is 0 Å². The lowest BCUT2D eigenvalue weighted by atomic mass is 10.1. The van der Waals surface area contributed by atoms with Gasteiger partial charge in [-0.1, -0.05) is 35.9 Å². The highest BCUT2D eigenvalue weighted by molar-refractivity contribution is 7.89. The van der Waals surface area contributed by atoms with Crippen LogP contribution >= 0.6 is 11.6 Å². The number of rotatable bonds is 4. The normalized spacial score (nSPS) is 16.2. The molecule has 2 aromatic rings. The number of hydrogen-bond donors (Lipinski definition) is 2. The van der Waals surface area contributed by atoms with Crippen LogP contribution in [0.1, 0.15) is 12.8 Å². The number of nitrogens with zero attached hydrogens (tertiary/aromatic N) is 1. The van der Waals surface area contributed by atoms with Crippen LogP contribution in [0.25, 0.3) is 0 Å². The molecule has 1 fully saturated rings. The quantitative estimate of drug-likeness (QED) is 0.836. The van der Waals surface area contributed by atoms with Crippen LogP contribution < -0.4 is 10.6 Å². The summed E-state index contributed by atoms with van der Waals surface area (Å²) in [6.45, 7) is 0.705. The Morgan fingerprint density at radius 3 is 2.38 bits per heavy atom. The molecule has 138 valence electrons. The fourth-order valence-electron chi connectivity index (χ4n) is 2.89. The van der Waals surface area contributed by atoms with E-state index in [1.807, 2.05) is 18.2 Å². The molecule has 1 aliphatic heterocycles. The van der Waals surface area contributed by atoms with Gasteiger partial charge < -0.3 is 10.6 Å². The van der Waals surface area contributed by atoms with E-state index >= 15 is 0 Å². The molecule has 3 rings (SSSR count). The summed E-state index contributed by atoms with van der Waals surface area (Å²) in [5.74, 6) is 0. The maximum Gasteiger partial charge on any atom is 0.319 e. The van der Waals surface area contributed by atoms with E-state index in [9.17, 15) is 13.2 Å². The van der Waals surface area contributed by atoms with Gasteiger partial charge in [0.2, 0.25) is 10.0 Å². The number of hydrogen-bond acceptors (Lipinski definition) is 3. The van der Waals surface area contributed by atoms with Gasteiger partial charge in [0.15, 0.2) is 0 Å². The highest BCUT2D eigenvalue weighted by Gasteiger charge is 2.30. The highest BCUT2D eigenvalue weighted by atomic mass is 35.5. The molecule has 0 saturated carbocycles. The molecule has 2 amide bonds. The SMILES string of the molecule is O=C(Nc1ccccc1)NC1CCN(S(=O)(=O)c2cccc(Cl)c2)CC1. The molecule has 6 nitrogen and oxygen atoms in total. The fraction of sp³-hybridized carbons (Fsp3) is 0.278. The van der Waals surface area contributed by atoms with Crippen LogP contribution in [0.2, 0.25) is 5.02 Å². The van der Waals surface area contributed by atoms with Gasteiger partial charge in [0.1, 0.15) is 0 Å². The largest absolute Gasteiger partial charge is 0.335 e. The molecule has 0 spiro atoms. The van der Waals surface area contributed by atoms with Crippen molar-refractivity contribution in [2.24, 2.45) is 0 Å². The molecule has 0 bridgehead atoms. The predicted molar refractivity (Wildman–Crippen MR) is 102 cm³/mol. The van der Waals surface area contributed by atoms with E-state index in [0.717, 1.165) is 0 Å². The van der Waals surface area contributed by atoms with Crippen LogP contribution in [0.15, 0.2) is 59.5 Å². The summed E-state index contributed by atoms with van der Waals surface area (Å²) in [4.78, 5) is 12.2. The topological polar surface area (TPSA) is 78.5 Å². The number of carbonyl (C=O) groups is 1. The van der Waals surface area contributed by atoms with E-state index in [-0.39, 0.29) is 17.0 Å². The number of urea groups is 1. The summed E-state index contributed by atoms with van der Waals surface area (Å²) >= 11 is 5.90. The van der Waals surface area contributed by atoms with Crippen molar-refractivity contribution in [3.63, 3.8) is 0 Å². The third-order valence-corrected chi connectivity index (χ3v) is 6.38. The number of amides is 2. The van der Waals surface area contributed by atoms with Crippen LogP contribution in [0.4, 0.5) is 10.5 Å². The van der Waals surface area contributed by atoms with Gasteiger partial charge in [0.05, 0.1) is 4.90 Å². The van der Waals surface area contributed by atoms with Gasteiger partial charge >= 0.3 is 6.03 Å². The summed E-state index contributed by atoms with van der Waals surface area (Å²) in [7, 11) is -3.56. The van der Waals surface area contributed by atoms with Crippen molar-refractivity contribution in [1.29, 1.82) is 0 Å². The molecule has 0 unspecified atom stereocenters. The minimum Gasteiger partial charge on any atom is -0.335 e. The minimum absolute atomic E-state index is 0.0653. The number of para-hydroxylation sites is 1. The van der Waals surface area contributed by atoms with E-state index in [2.05, 4.69) is 10.6 Å². The molecule has 1 saturated heterocycles. The molecule has 0 aliphatic carbocycles. The van der Waals surface area contributed by atoms with Crippen LogP contribution in [0, 0.1) is 0 Å². The number of halogens is 1. The van der Waals surface area contributed by atoms with Crippen LogP contribution in [0.5, 0.6) is 0 Å². The Hall–Kier alpha value is -2.09. The lowest BCUT2D eigenvalue weighted by molar-refractivity contribution is 0.238. The zero-order chi connectivity index (χ0) is 18.6. The Balaban J connectivity index is 1.55. The number of piperidine rings is 1. The van der Waals surface area contributed by atoms with Crippen LogP contribution in [0.3, 0.4) is 0 Å². The second-order valence-corrected chi connectivity index (χ2v) is 8.47. The average Bonchev–Trinajstić information content (AvgIpc) is 2.63. The van der Waals surface area contributed by atoms with E-state index in [0.29, 0.717) is 36.6 Å². The van der Waals surface area contributed by atoms with E-state index < -0.39 is 10.0 Å². The van der Waals surface area contributed by atoms with Crippen molar-refractivity contribution in [2.75, 3.05) is 18.4 Å². The van der Waals surface area contributed by atoms with Crippen molar-refractivity contribution >= 4 is 33.3 Å². The molecule has 2 aromatic carbocycles. The third-order valence-electron chi connectivity index (χ3n) is 4.25. The Kier molecular flexibility index (Phi) is 5.80. The average molecular weight is 394 g/mol. The maximum atomic E-state index is 12.7. The maximum absolute atomic E-state index is 12.7. The van der Waals surface area contributed by atoms with E-state index in [1.165, 1.54) is 10.4 Å². The van der Waals surface area contributed by atoms with Crippen molar-refractivity contribution in [2.45, 2.75) is 23.8 Å². The molecule has 1 aliphatic rings.